The Bertz CT molecular complexity index is 232. The van der Waals surface area contributed by atoms with Gasteiger partial charge < -0.3 is 5.32 Å². The molecule has 0 aromatic heterocycles. The fourth-order valence-electron chi connectivity index (χ4n) is 5.19. The summed E-state index contributed by atoms with van der Waals surface area (Å²) in [6.07, 6.45) is 10.5. The van der Waals surface area contributed by atoms with Gasteiger partial charge in [0.2, 0.25) is 0 Å². The van der Waals surface area contributed by atoms with Crippen LogP contribution in [-0.4, -0.2) is 12.6 Å². The monoisotopic (exact) mass is 235 g/mol. The highest BCUT2D eigenvalue weighted by atomic mass is 14.9. The van der Waals surface area contributed by atoms with Crippen LogP contribution in [0.1, 0.15) is 58.8 Å². The molecule has 0 spiro atoms. The molecule has 4 aliphatic carbocycles. The molecule has 0 aromatic rings. The first-order valence-electron chi connectivity index (χ1n) is 7.99. The third kappa shape index (κ3) is 2.41. The second-order valence-electron chi connectivity index (χ2n) is 7.26. The Morgan fingerprint density at radius 2 is 1.59 bits per heavy atom. The van der Waals surface area contributed by atoms with E-state index in [0.29, 0.717) is 0 Å². The molecule has 17 heavy (non-hydrogen) atoms. The third-order valence-electron chi connectivity index (χ3n) is 5.71. The predicted octanol–water partition coefficient (Wildman–Crippen LogP) is 3.84. The lowest BCUT2D eigenvalue weighted by molar-refractivity contribution is -0.0146. The van der Waals surface area contributed by atoms with Crippen molar-refractivity contribution in [2.45, 2.75) is 64.8 Å². The fourth-order valence-corrected chi connectivity index (χ4v) is 5.19. The van der Waals surface area contributed by atoms with E-state index in [9.17, 15) is 0 Å². The number of hydrogen-bond donors (Lipinski definition) is 1. The summed E-state index contributed by atoms with van der Waals surface area (Å²) in [6, 6.07) is 0.891. The molecule has 1 unspecified atom stereocenters. The second-order valence-corrected chi connectivity index (χ2v) is 7.26. The smallest absolute Gasteiger partial charge is 0.0124 e. The summed E-state index contributed by atoms with van der Waals surface area (Å²) in [5.41, 5.74) is 0. The second kappa shape index (κ2) is 4.91. The minimum atomic E-state index is 0.872. The van der Waals surface area contributed by atoms with Crippen LogP contribution in [0.3, 0.4) is 0 Å². The molecule has 1 N–H and O–H groups in total. The quantitative estimate of drug-likeness (QED) is 0.763. The van der Waals surface area contributed by atoms with Crippen molar-refractivity contribution in [2.24, 2.45) is 29.6 Å². The van der Waals surface area contributed by atoms with E-state index >= 15 is 0 Å². The van der Waals surface area contributed by atoms with E-state index < -0.39 is 0 Å². The van der Waals surface area contributed by atoms with Crippen LogP contribution < -0.4 is 5.32 Å². The molecule has 0 aliphatic heterocycles. The minimum Gasteiger partial charge on any atom is -0.313 e. The summed E-state index contributed by atoms with van der Waals surface area (Å²) in [4.78, 5) is 0. The number of rotatable bonds is 5. The van der Waals surface area contributed by atoms with E-state index in [1.54, 1.807) is 32.1 Å². The lowest BCUT2D eigenvalue weighted by Gasteiger charge is -2.54. The van der Waals surface area contributed by atoms with Gasteiger partial charge in [0.1, 0.15) is 0 Å². The highest BCUT2D eigenvalue weighted by molar-refractivity contribution is 5.01. The Hall–Kier alpha value is -0.0400. The lowest BCUT2D eigenvalue weighted by atomic mass is 9.54. The summed E-state index contributed by atoms with van der Waals surface area (Å²) < 4.78 is 0. The van der Waals surface area contributed by atoms with Crippen molar-refractivity contribution >= 4 is 0 Å². The van der Waals surface area contributed by atoms with Crippen LogP contribution in [0.4, 0.5) is 0 Å². The topological polar surface area (TPSA) is 12.0 Å². The first kappa shape index (κ1) is 12.0. The average molecular weight is 235 g/mol. The van der Waals surface area contributed by atoms with Crippen LogP contribution in [0.25, 0.3) is 0 Å². The summed E-state index contributed by atoms with van der Waals surface area (Å²) in [6.45, 7) is 5.98. The van der Waals surface area contributed by atoms with Crippen LogP contribution in [0.15, 0.2) is 0 Å². The minimum absolute atomic E-state index is 0.872. The fraction of sp³-hybridized carbons (Fsp3) is 1.00. The van der Waals surface area contributed by atoms with E-state index in [1.165, 1.54) is 19.4 Å². The van der Waals surface area contributed by atoms with Gasteiger partial charge in [0, 0.05) is 6.04 Å². The Labute approximate surface area is 107 Å². The zero-order valence-corrected chi connectivity index (χ0v) is 11.6. The molecule has 4 saturated carbocycles. The summed E-state index contributed by atoms with van der Waals surface area (Å²) in [5.74, 6) is 5.18. The molecule has 0 amide bonds. The zero-order valence-electron chi connectivity index (χ0n) is 11.6. The Balaban J connectivity index is 1.54. The van der Waals surface area contributed by atoms with E-state index in [2.05, 4.69) is 19.2 Å². The summed E-state index contributed by atoms with van der Waals surface area (Å²) >= 11 is 0. The molecule has 0 heterocycles. The average Bonchev–Trinajstić information content (AvgIpc) is 2.27. The van der Waals surface area contributed by atoms with E-state index in [1.807, 2.05) is 0 Å². The Morgan fingerprint density at radius 3 is 2.12 bits per heavy atom. The van der Waals surface area contributed by atoms with Gasteiger partial charge in [0.05, 0.1) is 0 Å². The van der Waals surface area contributed by atoms with Crippen LogP contribution in [-0.2, 0) is 0 Å². The third-order valence-corrected chi connectivity index (χ3v) is 5.71. The molecule has 1 heteroatoms. The normalized spacial score (nSPS) is 45.2. The molecule has 4 bridgehead atoms. The van der Waals surface area contributed by atoms with Gasteiger partial charge in [-0.2, -0.15) is 0 Å². The molecular weight excluding hydrogens is 206 g/mol. The molecule has 4 rings (SSSR count). The highest BCUT2D eigenvalue weighted by Gasteiger charge is 2.47. The zero-order chi connectivity index (χ0) is 11.8. The molecule has 4 fully saturated rings. The van der Waals surface area contributed by atoms with Crippen molar-refractivity contribution in [3.63, 3.8) is 0 Å². The van der Waals surface area contributed by atoms with Crippen molar-refractivity contribution in [3.05, 3.63) is 0 Å². The molecule has 0 saturated heterocycles. The van der Waals surface area contributed by atoms with Crippen molar-refractivity contribution in [2.75, 3.05) is 6.54 Å². The molecule has 0 radical (unpaired) electrons. The number of nitrogens with one attached hydrogen (secondary N) is 1. The van der Waals surface area contributed by atoms with E-state index in [-0.39, 0.29) is 0 Å². The standard InChI is InChI=1S/C16H29N/c1-3-4-11(2)10-17-16-14-6-12-5-13(8-14)9-15(16)7-12/h11-17H,3-10H2,1-2H3. The van der Waals surface area contributed by atoms with E-state index in [4.69, 9.17) is 0 Å². The van der Waals surface area contributed by atoms with Crippen molar-refractivity contribution in [1.82, 2.24) is 5.32 Å². The van der Waals surface area contributed by atoms with Crippen LogP contribution >= 0.6 is 0 Å². The highest BCUT2D eigenvalue weighted by Crippen LogP contribution is 2.53. The maximum absolute atomic E-state index is 3.95. The maximum Gasteiger partial charge on any atom is 0.0124 e. The van der Waals surface area contributed by atoms with Gasteiger partial charge in [-0.05, 0) is 74.7 Å². The van der Waals surface area contributed by atoms with Crippen LogP contribution in [0, 0.1) is 29.6 Å². The molecular formula is C16H29N. The van der Waals surface area contributed by atoms with Gasteiger partial charge in [-0.1, -0.05) is 20.3 Å². The summed E-state index contributed by atoms with van der Waals surface area (Å²) in [7, 11) is 0. The largest absolute Gasteiger partial charge is 0.313 e. The van der Waals surface area contributed by atoms with Crippen molar-refractivity contribution < 1.29 is 0 Å². The lowest BCUT2D eigenvalue weighted by Crippen LogP contribution is -2.55. The Morgan fingerprint density at radius 1 is 1.00 bits per heavy atom. The van der Waals surface area contributed by atoms with Crippen molar-refractivity contribution in [1.29, 1.82) is 0 Å². The Kier molecular flexibility index (Phi) is 3.47. The SMILES string of the molecule is CCCC(C)CNC1C2CC3CC(C2)CC1C3. The number of hydrogen-bond acceptors (Lipinski definition) is 1. The molecule has 1 nitrogen and oxygen atoms in total. The van der Waals surface area contributed by atoms with Gasteiger partial charge in [0.15, 0.2) is 0 Å². The van der Waals surface area contributed by atoms with Crippen LogP contribution in [0.5, 0.6) is 0 Å². The molecule has 0 aromatic carbocycles. The summed E-state index contributed by atoms with van der Waals surface area (Å²) in [5, 5.41) is 3.95. The first-order valence-corrected chi connectivity index (χ1v) is 7.99. The van der Waals surface area contributed by atoms with E-state index in [0.717, 1.165) is 35.6 Å². The van der Waals surface area contributed by atoms with Gasteiger partial charge in [-0.15, -0.1) is 0 Å². The van der Waals surface area contributed by atoms with Crippen molar-refractivity contribution in [3.8, 4) is 0 Å². The van der Waals surface area contributed by atoms with Gasteiger partial charge in [-0.25, -0.2) is 0 Å². The molecule has 1 atom stereocenters. The van der Waals surface area contributed by atoms with Gasteiger partial charge in [0.25, 0.3) is 0 Å². The maximum atomic E-state index is 3.95. The van der Waals surface area contributed by atoms with Crippen LogP contribution in [0.2, 0.25) is 0 Å². The molecule has 4 aliphatic rings. The predicted molar refractivity (Wildman–Crippen MR) is 72.9 cm³/mol. The van der Waals surface area contributed by atoms with Gasteiger partial charge >= 0.3 is 0 Å². The first-order chi connectivity index (χ1) is 8.26. The molecule has 98 valence electrons. The van der Waals surface area contributed by atoms with Gasteiger partial charge in [-0.3, -0.25) is 0 Å².